The Labute approximate surface area is 339 Å². The molecule has 58 heavy (non-hydrogen) atoms. The summed E-state index contributed by atoms with van der Waals surface area (Å²) < 4.78 is 6.65. The number of hydrogen-bond donors (Lipinski definition) is 0. The van der Waals surface area contributed by atoms with E-state index in [0.29, 0.717) is 0 Å². The zero-order valence-electron chi connectivity index (χ0n) is 33.1. The summed E-state index contributed by atoms with van der Waals surface area (Å²) in [7, 11) is 0. The zero-order valence-corrected chi connectivity index (χ0v) is 33.1. The van der Waals surface area contributed by atoms with E-state index in [0.717, 1.165) is 33.3 Å². The third-order valence-electron chi connectivity index (χ3n) is 13.1. The van der Waals surface area contributed by atoms with Crippen molar-refractivity contribution < 1.29 is 4.42 Å². The maximum absolute atomic E-state index is 6.65. The summed E-state index contributed by atoms with van der Waals surface area (Å²) in [4.78, 5) is 5.21. The molecular weight excluding hydrogens is 705 g/mol. The Bertz CT molecular complexity index is 3080. The molecular formula is C55H42N2O. The minimum atomic E-state index is -0.558. The van der Waals surface area contributed by atoms with E-state index in [1.165, 1.54) is 72.7 Å². The Kier molecular flexibility index (Phi) is 6.80. The van der Waals surface area contributed by atoms with Crippen LogP contribution in [0.2, 0.25) is 0 Å². The Balaban J connectivity index is 1.23. The lowest BCUT2D eigenvalue weighted by Gasteiger charge is -2.53. The van der Waals surface area contributed by atoms with Gasteiger partial charge in [0.05, 0.1) is 34.2 Å². The number of nitrogens with zero attached hydrogens (tertiary/aromatic N) is 2. The lowest BCUT2D eigenvalue weighted by atomic mass is 9.61. The second-order valence-corrected chi connectivity index (χ2v) is 17.4. The van der Waals surface area contributed by atoms with Crippen molar-refractivity contribution in [3.05, 3.63) is 220 Å². The van der Waals surface area contributed by atoms with Crippen molar-refractivity contribution in [3.63, 3.8) is 0 Å². The number of anilines is 5. The summed E-state index contributed by atoms with van der Waals surface area (Å²) in [6.45, 7) is 9.12. The standard InChI is InChI=1S/C55H42N2O/c1-34-30-43-41-32-42-39-20-11-14-25-49(39)58-50(42)33-47(41)56(38-28-26-35(27-29-38)54(2,3)4)53-40-21-15-23-45-52(40)57(48(31-34)51(43)53)46-24-13-12-22-44(46)55(45,36-16-7-5-8-17-36)37-18-9-6-10-19-37/h5-33,53H,1-4H3. The van der Waals surface area contributed by atoms with Gasteiger partial charge >= 0.3 is 0 Å². The highest BCUT2D eigenvalue weighted by Gasteiger charge is 2.51. The molecule has 3 nitrogen and oxygen atoms in total. The second-order valence-electron chi connectivity index (χ2n) is 17.4. The SMILES string of the molecule is Cc1cc2c3c(c1)N1c4ccccc4C(c4ccccc4)(c4ccccc4)c4cccc(c41)C3N(c1ccc(C(C)(C)C)cc1)c1cc3oc4ccccc4c3cc1-2. The van der Waals surface area contributed by atoms with E-state index >= 15 is 0 Å². The van der Waals surface area contributed by atoms with Gasteiger partial charge in [0.1, 0.15) is 11.2 Å². The van der Waals surface area contributed by atoms with Crippen molar-refractivity contribution in [1.29, 1.82) is 0 Å². The molecule has 0 N–H and O–H groups in total. The minimum absolute atomic E-state index is 0.0332. The first-order chi connectivity index (χ1) is 28.3. The lowest BCUT2D eigenvalue weighted by molar-refractivity contribution is 0.590. The summed E-state index contributed by atoms with van der Waals surface area (Å²) in [6, 6.07) is 65.7. The maximum atomic E-state index is 6.65. The molecule has 0 saturated carbocycles. The number of aryl methyl sites for hydroxylation is 1. The molecule has 0 aliphatic carbocycles. The molecule has 3 heteroatoms. The highest BCUT2D eigenvalue weighted by molar-refractivity contribution is 6.11. The van der Waals surface area contributed by atoms with E-state index in [-0.39, 0.29) is 11.5 Å². The van der Waals surface area contributed by atoms with E-state index < -0.39 is 5.41 Å². The number of benzene rings is 8. The van der Waals surface area contributed by atoms with E-state index in [4.69, 9.17) is 4.42 Å². The summed E-state index contributed by atoms with van der Waals surface area (Å²) in [5.74, 6) is 0. The smallest absolute Gasteiger partial charge is 0.137 e. The van der Waals surface area contributed by atoms with Gasteiger partial charge in [0.15, 0.2) is 0 Å². The molecule has 0 radical (unpaired) electrons. The van der Waals surface area contributed by atoms with E-state index in [9.17, 15) is 0 Å². The molecule has 1 atom stereocenters. The molecule has 0 amide bonds. The van der Waals surface area contributed by atoms with Crippen LogP contribution in [0, 0.1) is 6.92 Å². The Morgan fingerprint density at radius 1 is 0.534 bits per heavy atom. The van der Waals surface area contributed by atoms with Crippen LogP contribution in [-0.4, -0.2) is 0 Å². The predicted octanol–water partition coefficient (Wildman–Crippen LogP) is 14.6. The fourth-order valence-electron chi connectivity index (χ4n) is 10.6. The van der Waals surface area contributed by atoms with Crippen LogP contribution in [0.25, 0.3) is 33.1 Å². The molecule has 0 bridgehead atoms. The van der Waals surface area contributed by atoms with Crippen LogP contribution in [0.4, 0.5) is 28.4 Å². The molecule has 3 aliphatic rings. The van der Waals surface area contributed by atoms with Crippen molar-refractivity contribution in [2.75, 3.05) is 9.80 Å². The second kappa shape index (κ2) is 11.8. The minimum Gasteiger partial charge on any atom is -0.456 e. The molecule has 1 aromatic heterocycles. The fraction of sp³-hybridized carbons (Fsp3) is 0.127. The number of hydrogen-bond acceptors (Lipinski definition) is 3. The van der Waals surface area contributed by atoms with Crippen LogP contribution in [0.1, 0.15) is 71.3 Å². The molecule has 0 fully saturated rings. The first-order valence-electron chi connectivity index (χ1n) is 20.5. The van der Waals surface area contributed by atoms with Gasteiger partial charge in [-0.3, -0.25) is 0 Å². The largest absolute Gasteiger partial charge is 0.456 e. The Morgan fingerprint density at radius 3 is 1.95 bits per heavy atom. The van der Waals surface area contributed by atoms with Crippen molar-refractivity contribution in [2.24, 2.45) is 0 Å². The van der Waals surface area contributed by atoms with Gasteiger partial charge in [-0.15, -0.1) is 0 Å². The van der Waals surface area contributed by atoms with Gasteiger partial charge in [0, 0.05) is 39.2 Å². The number of rotatable bonds is 3. The van der Waals surface area contributed by atoms with Crippen LogP contribution in [0.15, 0.2) is 180 Å². The van der Waals surface area contributed by atoms with Gasteiger partial charge in [-0.05, 0) is 87.7 Å². The van der Waals surface area contributed by atoms with Gasteiger partial charge in [-0.2, -0.15) is 0 Å². The number of para-hydroxylation sites is 3. The highest BCUT2D eigenvalue weighted by atomic mass is 16.3. The fourth-order valence-corrected chi connectivity index (χ4v) is 10.6. The van der Waals surface area contributed by atoms with Gasteiger partial charge in [-0.1, -0.05) is 154 Å². The van der Waals surface area contributed by atoms with Crippen LogP contribution in [-0.2, 0) is 10.8 Å². The molecule has 0 saturated heterocycles. The molecule has 8 aromatic carbocycles. The lowest BCUT2D eigenvalue weighted by Crippen LogP contribution is -2.42. The van der Waals surface area contributed by atoms with Crippen molar-refractivity contribution >= 4 is 50.4 Å². The van der Waals surface area contributed by atoms with Crippen molar-refractivity contribution in [3.8, 4) is 11.1 Å². The third-order valence-corrected chi connectivity index (χ3v) is 13.1. The predicted molar refractivity (Wildman–Crippen MR) is 240 cm³/mol. The summed E-state index contributed by atoms with van der Waals surface area (Å²) in [5.41, 5.74) is 20.1. The maximum Gasteiger partial charge on any atom is 0.137 e. The molecule has 0 spiro atoms. The van der Waals surface area contributed by atoms with Gasteiger partial charge in [0.2, 0.25) is 0 Å². The zero-order chi connectivity index (χ0) is 38.9. The first-order valence-corrected chi connectivity index (χ1v) is 20.5. The number of fused-ring (bicyclic) bond motifs is 9. The summed E-state index contributed by atoms with van der Waals surface area (Å²) in [6.07, 6.45) is 0. The van der Waals surface area contributed by atoms with Crippen LogP contribution in [0.5, 0.6) is 0 Å². The van der Waals surface area contributed by atoms with E-state index in [1.807, 2.05) is 0 Å². The van der Waals surface area contributed by atoms with Crippen molar-refractivity contribution in [2.45, 2.75) is 44.6 Å². The third kappa shape index (κ3) is 4.39. The molecule has 12 rings (SSSR count). The molecule has 9 aromatic rings. The van der Waals surface area contributed by atoms with Crippen LogP contribution < -0.4 is 9.80 Å². The molecule has 278 valence electrons. The molecule has 3 aliphatic heterocycles. The molecule has 1 unspecified atom stereocenters. The van der Waals surface area contributed by atoms with E-state index in [1.54, 1.807) is 0 Å². The Morgan fingerprint density at radius 2 is 1.21 bits per heavy atom. The average molecular weight is 747 g/mol. The van der Waals surface area contributed by atoms with Gasteiger partial charge < -0.3 is 14.2 Å². The van der Waals surface area contributed by atoms with Crippen LogP contribution >= 0.6 is 0 Å². The summed E-state index contributed by atoms with van der Waals surface area (Å²) >= 11 is 0. The molecule has 4 heterocycles. The van der Waals surface area contributed by atoms with Crippen molar-refractivity contribution in [1.82, 2.24) is 0 Å². The average Bonchev–Trinajstić information content (AvgIpc) is 3.62. The summed E-state index contributed by atoms with van der Waals surface area (Å²) in [5, 5.41) is 2.28. The van der Waals surface area contributed by atoms with Gasteiger partial charge in [0.25, 0.3) is 0 Å². The first kappa shape index (κ1) is 33.3. The number of furan rings is 1. The quantitative estimate of drug-likeness (QED) is 0.179. The monoisotopic (exact) mass is 746 g/mol. The Hall–Kier alpha value is -6.84. The normalized spacial score (nSPS) is 15.8. The van der Waals surface area contributed by atoms with Gasteiger partial charge in [-0.25, -0.2) is 0 Å². The van der Waals surface area contributed by atoms with Crippen LogP contribution in [0.3, 0.4) is 0 Å². The van der Waals surface area contributed by atoms with E-state index in [2.05, 4.69) is 213 Å². The highest BCUT2D eigenvalue weighted by Crippen LogP contribution is 2.66. The topological polar surface area (TPSA) is 19.6 Å².